The van der Waals surface area contributed by atoms with Gasteiger partial charge < -0.3 is 9.47 Å². The Morgan fingerprint density at radius 3 is 2.17 bits per heavy atom. The lowest BCUT2D eigenvalue weighted by Crippen LogP contribution is -2.16. The van der Waals surface area contributed by atoms with E-state index >= 15 is 0 Å². The van der Waals surface area contributed by atoms with E-state index in [1.807, 2.05) is 32.9 Å². The first kappa shape index (κ1) is 15.9. The average molecular weight is 332 g/mol. The minimum absolute atomic E-state index is 0.00933. The molecule has 122 valence electrons. The second-order valence-electron chi connectivity index (χ2n) is 5.94. The Hall–Kier alpha value is -2.01. The molecule has 2 aromatic rings. The van der Waals surface area contributed by atoms with Crippen LogP contribution in [-0.4, -0.2) is 21.6 Å². The van der Waals surface area contributed by atoms with Gasteiger partial charge in [-0.2, -0.15) is 0 Å². The number of ether oxygens (including phenoxy) is 2. The summed E-state index contributed by atoms with van der Waals surface area (Å²) in [5.74, 6) is 1.08. The molecule has 0 amide bonds. The van der Waals surface area contributed by atoms with Gasteiger partial charge in [0.05, 0.1) is 10.6 Å². The highest BCUT2D eigenvalue weighted by atomic mass is 32.2. The molecule has 23 heavy (non-hydrogen) atoms. The molecule has 5 heteroatoms. The summed E-state index contributed by atoms with van der Waals surface area (Å²) >= 11 is 0. The highest BCUT2D eigenvalue weighted by Crippen LogP contribution is 2.33. The van der Waals surface area contributed by atoms with E-state index in [1.165, 1.54) is 0 Å². The molecule has 1 aliphatic heterocycles. The lowest BCUT2D eigenvalue weighted by atomic mass is 10.0. The molecule has 0 unspecified atom stereocenters. The van der Waals surface area contributed by atoms with Gasteiger partial charge in [-0.1, -0.05) is 17.7 Å². The number of sulfone groups is 1. The van der Waals surface area contributed by atoms with Crippen LogP contribution in [0.3, 0.4) is 0 Å². The molecule has 0 radical (unpaired) electrons. The summed E-state index contributed by atoms with van der Waals surface area (Å²) in [6.45, 7) is 6.84. The topological polar surface area (TPSA) is 52.6 Å². The van der Waals surface area contributed by atoms with Gasteiger partial charge in [-0.25, -0.2) is 8.42 Å². The molecule has 1 aliphatic rings. The lowest BCUT2D eigenvalue weighted by Gasteiger charge is -2.19. The largest absolute Gasteiger partial charge is 0.486 e. The van der Waals surface area contributed by atoms with Gasteiger partial charge in [0, 0.05) is 6.07 Å². The van der Waals surface area contributed by atoms with Crippen molar-refractivity contribution < 1.29 is 17.9 Å². The third-order valence-electron chi connectivity index (χ3n) is 4.05. The van der Waals surface area contributed by atoms with E-state index in [-0.39, 0.29) is 10.6 Å². The fourth-order valence-corrected chi connectivity index (χ4v) is 4.49. The van der Waals surface area contributed by atoms with Crippen LogP contribution in [0.2, 0.25) is 0 Å². The molecule has 0 saturated carbocycles. The molecule has 0 saturated heterocycles. The van der Waals surface area contributed by atoms with Gasteiger partial charge in [0.2, 0.25) is 0 Å². The van der Waals surface area contributed by atoms with E-state index < -0.39 is 9.84 Å². The summed E-state index contributed by atoms with van der Waals surface area (Å²) in [5, 5.41) is 0. The molecule has 4 nitrogen and oxygen atoms in total. The molecule has 0 atom stereocenters. The van der Waals surface area contributed by atoms with Crippen molar-refractivity contribution in [2.24, 2.45) is 0 Å². The van der Waals surface area contributed by atoms with Gasteiger partial charge in [0.15, 0.2) is 21.3 Å². The molecule has 2 aromatic carbocycles. The number of benzene rings is 2. The SMILES string of the molecule is Cc1cc(C)c(CS(=O)(=O)c2ccc3c(c2)OCCO3)c(C)c1. The number of aryl methyl sites for hydroxylation is 3. The minimum Gasteiger partial charge on any atom is -0.486 e. The van der Waals surface area contributed by atoms with Crippen molar-refractivity contribution >= 4 is 9.84 Å². The molecule has 3 rings (SSSR count). The number of rotatable bonds is 3. The van der Waals surface area contributed by atoms with Crippen molar-refractivity contribution in [3.05, 3.63) is 52.6 Å². The Balaban J connectivity index is 1.97. The summed E-state index contributed by atoms with van der Waals surface area (Å²) in [4.78, 5) is 0.265. The molecule has 0 fully saturated rings. The summed E-state index contributed by atoms with van der Waals surface area (Å²) in [6, 6.07) is 8.84. The Bertz CT molecular complexity index is 830. The van der Waals surface area contributed by atoms with Crippen LogP contribution < -0.4 is 9.47 Å². The van der Waals surface area contributed by atoms with Crippen LogP contribution >= 0.6 is 0 Å². The zero-order valence-electron chi connectivity index (χ0n) is 13.5. The maximum atomic E-state index is 12.8. The van der Waals surface area contributed by atoms with Crippen LogP contribution in [0.25, 0.3) is 0 Å². The van der Waals surface area contributed by atoms with Crippen LogP contribution in [0.5, 0.6) is 11.5 Å². The lowest BCUT2D eigenvalue weighted by molar-refractivity contribution is 0.171. The van der Waals surface area contributed by atoms with E-state index in [2.05, 4.69) is 0 Å². The number of hydrogen-bond acceptors (Lipinski definition) is 4. The van der Waals surface area contributed by atoms with Crippen LogP contribution in [0.1, 0.15) is 22.3 Å². The first-order valence-electron chi connectivity index (χ1n) is 7.56. The van der Waals surface area contributed by atoms with E-state index in [9.17, 15) is 8.42 Å². The molecular formula is C18H20O4S. The quantitative estimate of drug-likeness (QED) is 0.865. The maximum absolute atomic E-state index is 12.8. The Kier molecular flexibility index (Phi) is 4.06. The fourth-order valence-electron chi connectivity index (χ4n) is 2.93. The van der Waals surface area contributed by atoms with E-state index in [1.54, 1.807) is 18.2 Å². The molecular weight excluding hydrogens is 312 g/mol. The smallest absolute Gasteiger partial charge is 0.182 e. The van der Waals surface area contributed by atoms with Gasteiger partial charge in [-0.15, -0.1) is 0 Å². The molecule has 0 N–H and O–H groups in total. The Labute approximate surface area is 137 Å². The second-order valence-corrected chi connectivity index (χ2v) is 7.93. The van der Waals surface area contributed by atoms with Gasteiger partial charge in [0.25, 0.3) is 0 Å². The molecule has 0 spiro atoms. The van der Waals surface area contributed by atoms with Crippen molar-refractivity contribution in [1.29, 1.82) is 0 Å². The van der Waals surface area contributed by atoms with Crippen LogP contribution in [0.15, 0.2) is 35.2 Å². The number of hydrogen-bond donors (Lipinski definition) is 0. The van der Waals surface area contributed by atoms with Crippen molar-refractivity contribution in [1.82, 2.24) is 0 Å². The Morgan fingerprint density at radius 1 is 0.913 bits per heavy atom. The van der Waals surface area contributed by atoms with Crippen molar-refractivity contribution in [3.63, 3.8) is 0 Å². The summed E-state index contributed by atoms with van der Waals surface area (Å²) in [7, 11) is -3.44. The predicted octanol–water partition coefficient (Wildman–Crippen LogP) is 3.36. The number of fused-ring (bicyclic) bond motifs is 1. The van der Waals surface area contributed by atoms with Crippen molar-refractivity contribution in [2.75, 3.05) is 13.2 Å². The third-order valence-corrected chi connectivity index (χ3v) is 5.69. The average Bonchev–Trinajstić information content (AvgIpc) is 2.50. The van der Waals surface area contributed by atoms with E-state index in [0.717, 1.165) is 22.3 Å². The van der Waals surface area contributed by atoms with Gasteiger partial charge >= 0.3 is 0 Å². The Morgan fingerprint density at radius 2 is 1.52 bits per heavy atom. The minimum atomic E-state index is -3.44. The predicted molar refractivity (Wildman–Crippen MR) is 89.0 cm³/mol. The first-order chi connectivity index (χ1) is 10.9. The second kappa shape index (κ2) is 5.89. The molecule has 0 aliphatic carbocycles. The zero-order chi connectivity index (χ0) is 16.6. The molecule has 1 heterocycles. The van der Waals surface area contributed by atoms with Crippen molar-refractivity contribution in [3.8, 4) is 11.5 Å². The van der Waals surface area contributed by atoms with Crippen LogP contribution in [0, 0.1) is 20.8 Å². The zero-order valence-corrected chi connectivity index (χ0v) is 14.4. The standard InChI is InChI=1S/C18H20O4S/c1-12-8-13(2)16(14(3)9-12)11-23(19,20)15-4-5-17-18(10-15)22-7-6-21-17/h4-5,8-10H,6-7,11H2,1-3H3. The highest BCUT2D eigenvalue weighted by molar-refractivity contribution is 7.90. The first-order valence-corrected chi connectivity index (χ1v) is 9.21. The van der Waals surface area contributed by atoms with Crippen LogP contribution in [0.4, 0.5) is 0 Å². The summed E-state index contributed by atoms with van der Waals surface area (Å²) in [6.07, 6.45) is 0. The third kappa shape index (κ3) is 3.20. The van der Waals surface area contributed by atoms with Gasteiger partial charge in [-0.05, 0) is 49.6 Å². The van der Waals surface area contributed by atoms with E-state index in [4.69, 9.17) is 9.47 Å². The maximum Gasteiger partial charge on any atom is 0.182 e. The summed E-state index contributed by atoms with van der Waals surface area (Å²) in [5.41, 5.74) is 4.01. The summed E-state index contributed by atoms with van der Waals surface area (Å²) < 4.78 is 36.5. The molecule has 0 bridgehead atoms. The van der Waals surface area contributed by atoms with Gasteiger partial charge in [0.1, 0.15) is 13.2 Å². The monoisotopic (exact) mass is 332 g/mol. The van der Waals surface area contributed by atoms with Crippen LogP contribution in [-0.2, 0) is 15.6 Å². The molecule has 0 aromatic heterocycles. The van der Waals surface area contributed by atoms with E-state index in [0.29, 0.717) is 24.7 Å². The van der Waals surface area contributed by atoms with Crippen molar-refractivity contribution in [2.45, 2.75) is 31.4 Å². The fraction of sp³-hybridized carbons (Fsp3) is 0.333. The van der Waals surface area contributed by atoms with Gasteiger partial charge in [-0.3, -0.25) is 0 Å². The highest BCUT2D eigenvalue weighted by Gasteiger charge is 2.21. The normalized spacial score (nSPS) is 13.9.